The van der Waals surface area contributed by atoms with Crippen LogP contribution in [0.2, 0.25) is 0 Å². The van der Waals surface area contributed by atoms with Crippen LogP contribution in [0, 0.1) is 5.92 Å². The molecule has 4 amide bonds. The maximum atomic E-state index is 13.3. The van der Waals surface area contributed by atoms with Crippen molar-refractivity contribution in [3.63, 3.8) is 0 Å². The highest BCUT2D eigenvalue weighted by molar-refractivity contribution is 6.09. The number of ether oxygens (including phenoxy) is 1. The van der Waals surface area contributed by atoms with Crippen molar-refractivity contribution >= 4 is 17.8 Å². The number of imide groups is 1. The summed E-state index contributed by atoms with van der Waals surface area (Å²) in [5, 5.41) is 2.64. The van der Waals surface area contributed by atoms with Crippen molar-refractivity contribution in [3.8, 4) is 5.75 Å². The summed E-state index contributed by atoms with van der Waals surface area (Å²) in [6.07, 6.45) is 2.10. The molecule has 2 aliphatic rings. The van der Waals surface area contributed by atoms with Gasteiger partial charge in [0.1, 0.15) is 17.8 Å². The molecule has 1 saturated heterocycles. The van der Waals surface area contributed by atoms with Crippen molar-refractivity contribution in [3.05, 3.63) is 65.7 Å². The van der Waals surface area contributed by atoms with Gasteiger partial charge in [0.25, 0.3) is 5.91 Å². The van der Waals surface area contributed by atoms with Crippen LogP contribution in [0.5, 0.6) is 5.75 Å². The van der Waals surface area contributed by atoms with Crippen molar-refractivity contribution < 1.29 is 27.9 Å². The Labute approximate surface area is 196 Å². The molecule has 2 fully saturated rings. The second kappa shape index (κ2) is 9.40. The smallest absolute Gasteiger partial charge is 0.387 e. The van der Waals surface area contributed by atoms with Gasteiger partial charge < -0.3 is 15.0 Å². The Kier molecular flexibility index (Phi) is 6.54. The van der Waals surface area contributed by atoms with Gasteiger partial charge in [0.15, 0.2) is 0 Å². The van der Waals surface area contributed by atoms with Crippen LogP contribution < -0.4 is 10.1 Å². The number of hydrogen-bond donors (Lipinski definition) is 1. The molecule has 0 bridgehead atoms. The molecule has 2 atom stereocenters. The standard InChI is InChI=1S/C25H27F2N3O4/c1-16(18-8-9-18)29(14-17-6-4-3-5-7-17)21(31)15-30-22(32)25(2,28-24(30)33)19-10-12-20(13-11-19)34-23(26)27/h3-7,10-13,16,18,23H,8-9,14-15H2,1-2H3,(H,28,33)/t16-,25+/m0/s1. The summed E-state index contributed by atoms with van der Waals surface area (Å²) >= 11 is 0. The second-order valence-electron chi connectivity index (χ2n) is 8.93. The van der Waals surface area contributed by atoms with Gasteiger partial charge in [-0.05, 0) is 55.9 Å². The SMILES string of the molecule is C[C@@H](C1CC1)N(Cc1ccccc1)C(=O)CN1C(=O)N[C@](C)(c2ccc(OC(F)F)cc2)C1=O. The monoisotopic (exact) mass is 471 g/mol. The number of alkyl halides is 2. The molecule has 34 heavy (non-hydrogen) atoms. The normalized spacial score (nSPS) is 20.9. The maximum Gasteiger partial charge on any atom is 0.387 e. The predicted molar refractivity (Wildman–Crippen MR) is 120 cm³/mol. The third kappa shape index (κ3) is 4.88. The number of urea groups is 1. The van der Waals surface area contributed by atoms with Crippen LogP contribution in [0.3, 0.4) is 0 Å². The first kappa shape index (κ1) is 23.7. The van der Waals surface area contributed by atoms with E-state index in [2.05, 4.69) is 10.1 Å². The highest BCUT2D eigenvalue weighted by atomic mass is 19.3. The van der Waals surface area contributed by atoms with Crippen molar-refractivity contribution in [2.75, 3.05) is 6.54 Å². The molecule has 7 nitrogen and oxygen atoms in total. The molecule has 1 N–H and O–H groups in total. The van der Waals surface area contributed by atoms with Crippen molar-refractivity contribution in [1.82, 2.24) is 15.1 Å². The molecule has 180 valence electrons. The fourth-order valence-corrected chi connectivity index (χ4v) is 4.30. The minimum atomic E-state index is -2.97. The number of halogens is 2. The van der Waals surface area contributed by atoms with Gasteiger partial charge in [0.2, 0.25) is 5.91 Å². The Morgan fingerprint density at radius 1 is 1.15 bits per heavy atom. The van der Waals surface area contributed by atoms with Crippen molar-refractivity contribution in [2.24, 2.45) is 5.92 Å². The van der Waals surface area contributed by atoms with E-state index in [0.29, 0.717) is 18.0 Å². The first-order chi connectivity index (χ1) is 16.2. The van der Waals surface area contributed by atoms with Gasteiger partial charge in [0, 0.05) is 12.6 Å². The molecule has 4 rings (SSSR count). The number of rotatable bonds is 9. The first-order valence-corrected chi connectivity index (χ1v) is 11.2. The fourth-order valence-electron chi connectivity index (χ4n) is 4.30. The summed E-state index contributed by atoms with van der Waals surface area (Å²) < 4.78 is 29.2. The minimum Gasteiger partial charge on any atom is -0.435 e. The average Bonchev–Trinajstić information content (AvgIpc) is 3.63. The lowest BCUT2D eigenvalue weighted by Gasteiger charge is -2.31. The number of carbonyl (C=O) groups excluding carboxylic acids is 3. The second-order valence-corrected chi connectivity index (χ2v) is 8.93. The zero-order chi connectivity index (χ0) is 24.5. The van der Waals surface area contributed by atoms with E-state index >= 15 is 0 Å². The maximum absolute atomic E-state index is 13.3. The number of carbonyl (C=O) groups is 3. The lowest BCUT2D eigenvalue weighted by atomic mass is 9.92. The zero-order valence-electron chi connectivity index (χ0n) is 19.0. The van der Waals surface area contributed by atoms with Gasteiger partial charge in [-0.25, -0.2) is 4.79 Å². The molecule has 0 unspecified atom stereocenters. The van der Waals surface area contributed by atoms with E-state index in [0.717, 1.165) is 23.3 Å². The Bertz CT molecular complexity index is 1060. The number of nitrogens with one attached hydrogen (secondary N) is 1. The number of benzene rings is 2. The summed E-state index contributed by atoms with van der Waals surface area (Å²) in [5.41, 5.74) is -0.0565. The van der Waals surface area contributed by atoms with Crippen molar-refractivity contribution in [1.29, 1.82) is 0 Å². The molecule has 1 heterocycles. The van der Waals surface area contributed by atoms with E-state index in [9.17, 15) is 23.2 Å². The van der Waals surface area contributed by atoms with Crippen LogP contribution in [-0.2, 0) is 21.7 Å². The van der Waals surface area contributed by atoms with E-state index in [4.69, 9.17) is 0 Å². The first-order valence-electron chi connectivity index (χ1n) is 11.2. The summed E-state index contributed by atoms with van der Waals surface area (Å²) in [6, 6.07) is 14.4. The summed E-state index contributed by atoms with van der Waals surface area (Å²) in [6.45, 7) is 0.570. The van der Waals surface area contributed by atoms with E-state index in [-0.39, 0.29) is 24.2 Å². The molecule has 1 aliphatic carbocycles. The van der Waals surface area contributed by atoms with Crippen LogP contribution in [0.25, 0.3) is 0 Å². The van der Waals surface area contributed by atoms with Crippen LogP contribution in [0.4, 0.5) is 13.6 Å². The number of hydrogen-bond acceptors (Lipinski definition) is 4. The van der Waals surface area contributed by atoms with Crippen LogP contribution in [0.1, 0.15) is 37.8 Å². The number of nitrogens with zero attached hydrogens (tertiary/aromatic N) is 2. The van der Waals surface area contributed by atoms with E-state index in [1.807, 2.05) is 37.3 Å². The molecule has 9 heteroatoms. The van der Waals surface area contributed by atoms with Gasteiger partial charge in [-0.1, -0.05) is 42.5 Å². The molecular formula is C25H27F2N3O4. The van der Waals surface area contributed by atoms with Crippen LogP contribution >= 0.6 is 0 Å². The largest absolute Gasteiger partial charge is 0.435 e. The average molecular weight is 472 g/mol. The molecule has 0 spiro atoms. The minimum absolute atomic E-state index is 0.0118. The zero-order valence-corrected chi connectivity index (χ0v) is 19.0. The number of amides is 4. The molecule has 2 aromatic rings. The Morgan fingerprint density at radius 2 is 1.79 bits per heavy atom. The van der Waals surface area contributed by atoms with Gasteiger partial charge >= 0.3 is 12.6 Å². The molecule has 0 aromatic heterocycles. The summed E-state index contributed by atoms with van der Waals surface area (Å²) in [5.74, 6) is -0.532. The Balaban J connectivity index is 1.50. The van der Waals surface area contributed by atoms with Gasteiger partial charge in [-0.3, -0.25) is 14.5 Å². The molecule has 1 saturated carbocycles. The van der Waals surface area contributed by atoms with Crippen LogP contribution in [-0.4, -0.2) is 46.8 Å². The summed E-state index contributed by atoms with van der Waals surface area (Å²) in [4.78, 5) is 42.0. The third-order valence-corrected chi connectivity index (χ3v) is 6.54. The highest BCUT2D eigenvalue weighted by Gasteiger charge is 2.50. The highest BCUT2D eigenvalue weighted by Crippen LogP contribution is 2.36. The molecule has 0 radical (unpaired) electrons. The van der Waals surface area contributed by atoms with Crippen LogP contribution in [0.15, 0.2) is 54.6 Å². The van der Waals surface area contributed by atoms with Gasteiger partial charge in [0.05, 0.1) is 0 Å². The van der Waals surface area contributed by atoms with Gasteiger partial charge in [-0.15, -0.1) is 0 Å². The molecule has 1 aliphatic heterocycles. The lowest BCUT2D eigenvalue weighted by Crippen LogP contribution is -2.47. The Morgan fingerprint density at radius 3 is 2.38 bits per heavy atom. The molecular weight excluding hydrogens is 444 g/mol. The van der Waals surface area contributed by atoms with Crippen molar-refractivity contribution in [2.45, 2.75) is 51.4 Å². The van der Waals surface area contributed by atoms with E-state index in [1.165, 1.54) is 31.2 Å². The van der Waals surface area contributed by atoms with E-state index < -0.39 is 24.1 Å². The lowest BCUT2D eigenvalue weighted by molar-refractivity contribution is -0.140. The topological polar surface area (TPSA) is 79.0 Å². The van der Waals surface area contributed by atoms with E-state index in [1.54, 1.807) is 4.90 Å². The van der Waals surface area contributed by atoms with Gasteiger partial charge in [-0.2, -0.15) is 8.78 Å². The third-order valence-electron chi connectivity index (χ3n) is 6.54. The molecule has 2 aromatic carbocycles. The fraction of sp³-hybridized carbons (Fsp3) is 0.400. The quantitative estimate of drug-likeness (QED) is 0.563. The summed E-state index contributed by atoms with van der Waals surface area (Å²) in [7, 11) is 0. The predicted octanol–water partition coefficient (Wildman–Crippen LogP) is 3.88. The Hall–Kier alpha value is -3.49.